The van der Waals surface area contributed by atoms with Crippen molar-refractivity contribution in [1.29, 1.82) is 0 Å². The van der Waals surface area contributed by atoms with Gasteiger partial charge in [-0.2, -0.15) is 0 Å². The van der Waals surface area contributed by atoms with Gasteiger partial charge in [0.25, 0.3) is 0 Å². The average Bonchev–Trinajstić information content (AvgIpc) is 2.92. The average molecular weight is 292 g/mol. The van der Waals surface area contributed by atoms with Crippen molar-refractivity contribution in [1.82, 2.24) is 9.88 Å². The molecule has 1 aromatic heterocycles. The molecule has 20 heavy (non-hydrogen) atoms. The lowest BCUT2D eigenvalue weighted by Gasteiger charge is -2.19. The van der Waals surface area contributed by atoms with Crippen molar-refractivity contribution >= 4 is 11.3 Å². The number of thiazole rings is 1. The largest absolute Gasteiger partial charge is 0.389 e. The van der Waals surface area contributed by atoms with Gasteiger partial charge in [0.15, 0.2) is 0 Å². The molecular weight excluding hydrogens is 272 g/mol. The van der Waals surface area contributed by atoms with Crippen LogP contribution >= 0.6 is 11.3 Å². The predicted octanol–water partition coefficient (Wildman–Crippen LogP) is 2.15. The second-order valence-corrected chi connectivity index (χ2v) is 5.55. The summed E-state index contributed by atoms with van der Waals surface area (Å²) in [6, 6.07) is 9.97. The number of nitrogens with zero attached hydrogens (tertiary/aromatic N) is 2. The summed E-state index contributed by atoms with van der Waals surface area (Å²) in [5.41, 5.74) is 3.98. The van der Waals surface area contributed by atoms with Gasteiger partial charge in [-0.15, -0.1) is 11.3 Å². The third-order valence-corrected chi connectivity index (χ3v) is 3.49. The van der Waals surface area contributed by atoms with Crippen molar-refractivity contribution in [3.8, 4) is 0 Å². The van der Waals surface area contributed by atoms with E-state index in [0.717, 1.165) is 17.8 Å². The van der Waals surface area contributed by atoms with Crippen molar-refractivity contribution in [2.24, 2.45) is 0 Å². The normalized spacial score (nSPS) is 12.8. The molecule has 0 aliphatic heterocycles. The molecule has 0 saturated carbocycles. The Hall–Kier alpha value is -1.27. The van der Waals surface area contributed by atoms with Gasteiger partial charge in [-0.3, -0.25) is 4.90 Å². The summed E-state index contributed by atoms with van der Waals surface area (Å²) in [7, 11) is 1.97. The first kappa shape index (κ1) is 15.1. The highest BCUT2D eigenvalue weighted by Gasteiger charge is 2.09. The van der Waals surface area contributed by atoms with Crippen LogP contribution in [-0.4, -0.2) is 41.3 Å². The third-order valence-electron chi connectivity index (χ3n) is 2.86. The van der Waals surface area contributed by atoms with Crippen molar-refractivity contribution in [3.63, 3.8) is 0 Å². The SMILES string of the molecule is CN(Cc1cscn1)CC(O)COCc1ccccc1. The molecule has 108 valence electrons. The van der Waals surface area contributed by atoms with Crippen LogP contribution in [0.1, 0.15) is 11.3 Å². The number of aliphatic hydroxyl groups is 1. The Kier molecular flexibility index (Phi) is 6.14. The first-order valence-electron chi connectivity index (χ1n) is 6.59. The van der Waals surface area contributed by atoms with Gasteiger partial charge in [0.05, 0.1) is 30.5 Å². The van der Waals surface area contributed by atoms with Crippen LogP contribution in [0.4, 0.5) is 0 Å². The number of benzene rings is 1. The van der Waals surface area contributed by atoms with Crippen LogP contribution in [0, 0.1) is 0 Å². The van der Waals surface area contributed by atoms with Gasteiger partial charge in [0.1, 0.15) is 0 Å². The Balaban J connectivity index is 1.63. The van der Waals surface area contributed by atoms with Crippen molar-refractivity contribution in [2.45, 2.75) is 19.3 Å². The van der Waals surface area contributed by atoms with Gasteiger partial charge in [-0.25, -0.2) is 4.98 Å². The van der Waals surface area contributed by atoms with E-state index >= 15 is 0 Å². The Morgan fingerprint density at radius 1 is 1.35 bits per heavy atom. The molecular formula is C15H20N2O2S. The van der Waals surface area contributed by atoms with E-state index in [1.807, 2.05) is 53.2 Å². The minimum atomic E-state index is -0.484. The zero-order chi connectivity index (χ0) is 14.2. The molecule has 4 nitrogen and oxygen atoms in total. The molecule has 0 fully saturated rings. The van der Waals surface area contributed by atoms with Crippen LogP contribution in [0.5, 0.6) is 0 Å². The smallest absolute Gasteiger partial charge is 0.0900 e. The van der Waals surface area contributed by atoms with Crippen molar-refractivity contribution < 1.29 is 9.84 Å². The molecule has 2 aromatic rings. The lowest BCUT2D eigenvalue weighted by atomic mass is 10.2. The van der Waals surface area contributed by atoms with Crippen LogP contribution in [0.3, 0.4) is 0 Å². The number of ether oxygens (including phenoxy) is 1. The number of rotatable bonds is 8. The summed E-state index contributed by atoms with van der Waals surface area (Å²) >= 11 is 1.59. The highest BCUT2D eigenvalue weighted by Crippen LogP contribution is 2.05. The van der Waals surface area contributed by atoms with Gasteiger partial charge in [-0.05, 0) is 12.6 Å². The second-order valence-electron chi connectivity index (χ2n) is 4.83. The van der Waals surface area contributed by atoms with Gasteiger partial charge >= 0.3 is 0 Å². The molecule has 1 heterocycles. The zero-order valence-electron chi connectivity index (χ0n) is 11.6. The molecule has 0 amide bonds. The van der Waals surface area contributed by atoms with Crippen LogP contribution in [0.15, 0.2) is 41.2 Å². The summed E-state index contributed by atoms with van der Waals surface area (Å²) in [5, 5.41) is 12.0. The minimum absolute atomic E-state index is 0.344. The number of hydrogen-bond donors (Lipinski definition) is 1. The van der Waals surface area contributed by atoms with Crippen LogP contribution in [-0.2, 0) is 17.9 Å². The molecule has 0 spiro atoms. The van der Waals surface area contributed by atoms with E-state index in [1.165, 1.54) is 0 Å². The molecule has 1 aromatic carbocycles. The maximum Gasteiger partial charge on any atom is 0.0900 e. The van der Waals surface area contributed by atoms with E-state index in [9.17, 15) is 5.11 Å². The fourth-order valence-corrected chi connectivity index (χ4v) is 2.51. The molecule has 0 saturated heterocycles. The topological polar surface area (TPSA) is 45.6 Å². The van der Waals surface area contributed by atoms with Gasteiger partial charge < -0.3 is 9.84 Å². The standard InChI is InChI=1S/C15H20N2O2S/c1-17(7-14-11-20-12-16-14)8-15(18)10-19-9-13-5-3-2-4-6-13/h2-6,11-12,15,18H,7-10H2,1H3. The molecule has 5 heteroatoms. The van der Waals surface area contributed by atoms with Gasteiger partial charge in [-0.1, -0.05) is 30.3 Å². The summed E-state index contributed by atoms with van der Waals surface area (Å²) in [6.45, 7) is 2.20. The number of aliphatic hydroxyl groups excluding tert-OH is 1. The molecule has 0 bridgehead atoms. The van der Waals surface area contributed by atoms with E-state index in [1.54, 1.807) is 11.3 Å². The summed E-state index contributed by atoms with van der Waals surface area (Å²) in [6.07, 6.45) is -0.484. The number of hydrogen-bond acceptors (Lipinski definition) is 5. The Labute approximate surface area is 123 Å². The maximum absolute atomic E-state index is 9.94. The minimum Gasteiger partial charge on any atom is -0.389 e. The third kappa shape index (κ3) is 5.38. The highest BCUT2D eigenvalue weighted by atomic mass is 32.1. The summed E-state index contributed by atoms with van der Waals surface area (Å²) in [4.78, 5) is 6.28. The van der Waals surface area contributed by atoms with Crippen molar-refractivity contribution in [3.05, 3.63) is 52.5 Å². The van der Waals surface area contributed by atoms with Gasteiger partial charge in [0.2, 0.25) is 0 Å². The first-order chi connectivity index (χ1) is 9.74. The van der Waals surface area contributed by atoms with E-state index in [-0.39, 0.29) is 0 Å². The Morgan fingerprint density at radius 3 is 2.85 bits per heavy atom. The Bertz CT molecular complexity index is 476. The monoisotopic (exact) mass is 292 g/mol. The lowest BCUT2D eigenvalue weighted by molar-refractivity contribution is 0.0126. The molecule has 0 aliphatic carbocycles. The highest BCUT2D eigenvalue weighted by molar-refractivity contribution is 7.07. The number of likely N-dealkylation sites (N-methyl/N-ethyl adjacent to an activating group) is 1. The van der Waals surface area contributed by atoms with Gasteiger partial charge in [0, 0.05) is 18.5 Å². The maximum atomic E-state index is 9.94. The fourth-order valence-electron chi connectivity index (χ4n) is 1.96. The second kappa shape index (κ2) is 8.11. The summed E-state index contributed by atoms with van der Waals surface area (Å²) in [5.74, 6) is 0. The zero-order valence-corrected chi connectivity index (χ0v) is 12.4. The quantitative estimate of drug-likeness (QED) is 0.810. The molecule has 1 unspecified atom stereocenters. The van der Waals surface area contributed by atoms with E-state index in [2.05, 4.69) is 4.98 Å². The lowest BCUT2D eigenvalue weighted by Crippen LogP contribution is -2.31. The Morgan fingerprint density at radius 2 is 2.15 bits per heavy atom. The van der Waals surface area contributed by atoms with Crippen LogP contribution in [0.25, 0.3) is 0 Å². The predicted molar refractivity (Wildman–Crippen MR) is 80.6 cm³/mol. The number of aromatic nitrogens is 1. The van der Waals surface area contributed by atoms with Crippen LogP contribution in [0.2, 0.25) is 0 Å². The fraction of sp³-hybridized carbons (Fsp3) is 0.400. The molecule has 2 rings (SSSR count). The summed E-state index contributed by atoms with van der Waals surface area (Å²) < 4.78 is 5.53. The molecule has 0 radical (unpaired) electrons. The molecule has 1 atom stereocenters. The van der Waals surface area contributed by atoms with E-state index in [4.69, 9.17) is 4.74 Å². The first-order valence-corrected chi connectivity index (χ1v) is 7.53. The molecule has 0 aliphatic rings. The van der Waals surface area contributed by atoms with E-state index in [0.29, 0.717) is 19.8 Å². The van der Waals surface area contributed by atoms with Crippen LogP contribution < -0.4 is 0 Å². The van der Waals surface area contributed by atoms with E-state index < -0.39 is 6.10 Å². The molecule has 1 N–H and O–H groups in total. The van der Waals surface area contributed by atoms with Crippen molar-refractivity contribution in [2.75, 3.05) is 20.2 Å².